The summed E-state index contributed by atoms with van der Waals surface area (Å²) < 4.78 is 10.6. The molecule has 0 unspecified atom stereocenters. The van der Waals surface area contributed by atoms with Crippen LogP contribution in [0.15, 0.2) is 18.2 Å². The van der Waals surface area contributed by atoms with Gasteiger partial charge >= 0.3 is 0 Å². The molecule has 74 valence electrons. The number of carbonyl (C=O) groups is 1. The number of ether oxygens (including phenoxy) is 2. The zero-order valence-corrected chi connectivity index (χ0v) is 7.90. The Kier molecular flexibility index (Phi) is 2.21. The summed E-state index contributed by atoms with van der Waals surface area (Å²) in [6.45, 7) is 3.09. The van der Waals surface area contributed by atoms with E-state index in [1.165, 1.54) is 0 Å². The smallest absolute Gasteiger partial charge is 0.214 e. The van der Waals surface area contributed by atoms with Crippen molar-refractivity contribution in [1.29, 1.82) is 0 Å². The van der Waals surface area contributed by atoms with Gasteiger partial charge in [-0.1, -0.05) is 6.07 Å². The van der Waals surface area contributed by atoms with Crippen molar-refractivity contribution in [1.82, 2.24) is 4.98 Å². The molecule has 14 heavy (non-hydrogen) atoms. The Balaban J connectivity index is 2.12. The first-order valence-corrected chi connectivity index (χ1v) is 4.41. The quantitative estimate of drug-likeness (QED) is 0.673. The van der Waals surface area contributed by atoms with Crippen molar-refractivity contribution in [3.05, 3.63) is 23.9 Å². The Morgan fingerprint density at radius 1 is 1.57 bits per heavy atom. The van der Waals surface area contributed by atoms with E-state index in [0.717, 1.165) is 0 Å². The summed E-state index contributed by atoms with van der Waals surface area (Å²) in [6.07, 6.45) is 0.701. The molecule has 1 aliphatic heterocycles. The van der Waals surface area contributed by atoms with Crippen LogP contribution in [0.4, 0.5) is 0 Å². The monoisotopic (exact) mass is 193 g/mol. The third kappa shape index (κ3) is 1.75. The topological polar surface area (TPSA) is 48.4 Å². The molecule has 1 fully saturated rings. The normalized spacial score (nSPS) is 18.4. The second kappa shape index (κ2) is 3.38. The molecule has 0 amide bonds. The largest absolute Gasteiger partial charge is 0.466 e. The highest BCUT2D eigenvalue weighted by atomic mass is 16.6. The third-order valence-electron chi connectivity index (χ3n) is 2.03. The molecule has 2 rings (SSSR count). The van der Waals surface area contributed by atoms with Gasteiger partial charge in [-0.05, 0) is 13.0 Å². The third-order valence-corrected chi connectivity index (χ3v) is 2.03. The Bertz CT molecular complexity index is 347. The van der Waals surface area contributed by atoms with Crippen LogP contribution in [0.25, 0.3) is 0 Å². The van der Waals surface area contributed by atoms with Crippen LogP contribution in [0, 0.1) is 0 Å². The summed E-state index contributed by atoms with van der Waals surface area (Å²) in [4.78, 5) is 14.5. The minimum atomic E-state index is -0.283. The van der Waals surface area contributed by atoms with Gasteiger partial charge in [0.25, 0.3) is 0 Å². The Hall–Kier alpha value is -1.42. The van der Waals surface area contributed by atoms with E-state index >= 15 is 0 Å². The standard InChI is InChI=1S/C10H11NO3/c1-10(6-13-7-10)14-9-4-2-3-8(5-12)11-9/h2-5H,6-7H2,1H3. The lowest BCUT2D eigenvalue weighted by Crippen LogP contribution is -2.51. The molecule has 2 heterocycles. The van der Waals surface area contributed by atoms with Crippen LogP contribution >= 0.6 is 0 Å². The molecular weight excluding hydrogens is 182 g/mol. The van der Waals surface area contributed by atoms with Crippen LogP contribution in [-0.4, -0.2) is 30.1 Å². The van der Waals surface area contributed by atoms with Gasteiger partial charge in [0.2, 0.25) is 5.88 Å². The lowest BCUT2D eigenvalue weighted by molar-refractivity contribution is -0.151. The molecule has 0 bridgehead atoms. The van der Waals surface area contributed by atoms with Crippen molar-refractivity contribution in [2.24, 2.45) is 0 Å². The van der Waals surface area contributed by atoms with Crippen LogP contribution in [0.5, 0.6) is 5.88 Å². The fourth-order valence-electron chi connectivity index (χ4n) is 1.25. The number of nitrogens with zero attached hydrogens (tertiary/aromatic N) is 1. The van der Waals surface area contributed by atoms with Gasteiger partial charge in [-0.15, -0.1) is 0 Å². The number of carbonyl (C=O) groups excluding carboxylic acids is 1. The molecule has 1 aromatic heterocycles. The average Bonchev–Trinajstić information content (AvgIpc) is 2.16. The van der Waals surface area contributed by atoms with Crippen molar-refractivity contribution >= 4 is 6.29 Å². The highest BCUT2D eigenvalue weighted by Gasteiger charge is 2.36. The first-order valence-electron chi connectivity index (χ1n) is 4.41. The van der Waals surface area contributed by atoms with Crippen molar-refractivity contribution < 1.29 is 14.3 Å². The average molecular weight is 193 g/mol. The van der Waals surface area contributed by atoms with Crippen molar-refractivity contribution in [3.63, 3.8) is 0 Å². The van der Waals surface area contributed by atoms with Gasteiger partial charge in [0.1, 0.15) is 5.69 Å². The SMILES string of the molecule is CC1(Oc2cccc(C=O)n2)COC1. The maximum Gasteiger partial charge on any atom is 0.214 e. The molecule has 1 aromatic rings. The Morgan fingerprint density at radius 3 is 2.93 bits per heavy atom. The highest BCUT2D eigenvalue weighted by molar-refractivity contribution is 5.71. The van der Waals surface area contributed by atoms with Gasteiger partial charge in [0.05, 0.1) is 13.2 Å². The van der Waals surface area contributed by atoms with Crippen LogP contribution in [0.3, 0.4) is 0 Å². The van der Waals surface area contributed by atoms with Gasteiger partial charge in [-0.25, -0.2) is 4.98 Å². The summed E-state index contributed by atoms with van der Waals surface area (Å²) >= 11 is 0. The maximum atomic E-state index is 10.5. The second-order valence-corrected chi connectivity index (χ2v) is 3.56. The summed E-state index contributed by atoms with van der Waals surface area (Å²) in [6, 6.07) is 5.12. The number of aldehydes is 1. The van der Waals surface area contributed by atoms with Gasteiger partial charge < -0.3 is 9.47 Å². The van der Waals surface area contributed by atoms with E-state index in [4.69, 9.17) is 9.47 Å². The number of aromatic nitrogens is 1. The Labute approximate surface area is 81.9 Å². The first-order chi connectivity index (χ1) is 6.72. The maximum absolute atomic E-state index is 10.5. The van der Waals surface area contributed by atoms with Gasteiger partial charge in [-0.2, -0.15) is 0 Å². The van der Waals surface area contributed by atoms with Crippen LogP contribution in [0.2, 0.25) is 0 Å². The molecule has 0 saturated carbocycles. The highest BCUT2D eigenvalue weighted by Crippen LogP contribution is 2.23. The molecule has 0 N–H and O–H groups in total. The first kappa shape index (κ1) is 9.15. The molecule has 4 nitrogen and oxygen atoms in total. The minimum absolute atomic E-state index is 0.283. The van der Waals surface area contributed by atoms with Crippen molar-refractivity contribution in [2.75, 3.05) is 13.2 Å². The van der Waals surface area contributed by atoms with Gasteiger partial charge in [0.15, 0.2) is 11.9 Å². The van der Waals surface area contributed by atoms with E-state index < -0.39 is 0 Å². The summed E-state index contributed by atoms with van der Waals surface area (Å²) in [5.74, 6) is 0.473. The zero-order valence-electron chi connectivity index (χ0n) is 7.90. The number of pyridine rings is 1. The van der Waals surface area contributed by atoms with Crippen LogP contribution in [0.1, 0.15) is 17.4 Å². The predicted octanol–water partition coefficient (Wildman–Crippen LogP) is 1.06. The lowest BCUT2D eigenvalue weighted by Gasteiger charge is -2.37. The van der Waals surface area contributed by atoms with Gasteiger partial charge in [-0.3, -0.25) is 4.79 Å². The van der Waals surface area contributed by atoms with E-state index in [-0.39, 0.29) is 5.60 Å². The Morgan fingerprint density at radius 2 is 2.36 bits per heavy atom. The molecule has 1 saturated heterocycles. The lowest BCUT2D eigenvalue weighted by atomic mass is 10.1. The molecule has 0 atom stereocenters. The number of rotatable bonds is 3. The fourth-order valence-corrected chi connectivity index (χ4v) is 1.25. The molecule has 0 aromatic carbocycles. The minimum Gasteiger partial charge on any atom is -0.466 e. The number of hydrogen-bond donors (Lipinski definition) is 0. The van der Waals surface area contributed by atoms with E-state index in [1.807, 2.05) is 6.92 Å². The summed E-state index contributed by atoms with van der Waals surface area (Å²) in [7, 11) is 0. The van der Waals surface area contributed by atoms with Crippen LogP contribution < -0.4 is 4.74 Å². The van der Waals surface area contributed by atoms with Crippen molar-refractivity contribution in [3.8, 4) is 5.88 Å². The molecule has 1 aliphatic rings. The fraction of sp³-hybridized carbons (Fsp3) is 0.400. The van der Waals surface area contributed by atoms with Crippen molar-refractivity contribution in [2.45, 2.75) is 12.5 Å². The van der Waals surface area contributed by atoms with E-state index in [2.05, 4.69) is 4.98 Å². The van der Waals surface area contributed by atoms with E-state index in [9.17, 15) is 4.79 Å². The van der Waals surface area contributed by atoms with E-state index in [1.54, 1.807) is 18.2 Å². The summed E-state index contributed by atoms with van der Waals surface area (Å²) in [5, 5.41) is 0. The van der Waals surface area contributed by atoms with Gasteiger partial charge in [0, 0.05) is 6.07 Å². The second-order valence-electron chi connectivity index (χ2n) is 3.56. The molecular formula is C10H11NO3. The molecule has 0 radical (unpaired) electrons. The molecule has 0 spiro atoms. The van der Waals surface area contributed by atoms with Crippen LogP contribution in [-0.2, 0) is 4.74 Å². The zero-order chi connectivity index (χ0) is 10.0. The summed E-state index contributed by atoms with van der Waals surface area (Å²) in [5.41, 5.74) is 0.0976. The molecule has 0 aliphatic carbocycles. The number of hydrogen-bond acceptors (Lipinski definition) is 4. The predicted molar refractivity (Wildman–Crippen MR) is 49.5 cm³/mol. The molecule has 4 heteroatoms. The van der Waals surface area contributed by atoms with E-state index in [0.29, 0.717) is 31.1 Å².